The zero-order valence-electron chi connectivity index (χ0n) is 14.4. The van der Waals surface area contributed by atoms with Gasteiger partial charge in [0.05, 0.1) is 19.9 Å². The molecule has 1 aromatic heterocycles. The molecule has 0 aromatic carbocycles. The second-order valence-corrected chi connectivity index (χ2v) is 6.13. The van der Waals surface area contributed by atoms with Gasteiger partial charge in [-0.15, -0.1) is 0 Å². The minimum Gasteiger partial charge on any atom is -0.493 e. The largest absolute Gasteiger partial charge is 0.493 e. The first kappa shape index (κ1) is 17.9. The Hall–Kier alpha value is -1.11. The zero-order valence-corrected chi connectivity index (χ0v) is 14.4. The van der Waals surface area contributed by atoms with Gasteiger partial charge in [0.1, 0.15) is 11.8 Å². The molecule has 0 aliphatic heterocycles. The Morgan fingerprint density at radius 3 is 2.43 bits per heavy atom. The van der Waals surface area contributed by atoms with Crippen LogP contribution in [0.2, 0.25) is 0 Å². The van der Waals surface area contributed by atoms with Gasteiger partial charge in [-0.2, -0.15) is 5.10 Å². The topological polar surface area (TPSA) is 53.8 Å². The average Bonchev–Trinajstić information content (AvgIpc) is 2.85. The molecule has 2 unspecified atom stereocenters. The number of hydrogen-bond acceptors (Lipinski definition) is 5. The van der Waals surface area contributed by atoms with Crippen LogP contribution in [0.1, 0.15) is 32.1 Å². The van der Waals surface area contributed by atoms with Gasteiger partial charge in [0.25, 0.3) is 0 Å². The van der Waals surface area contributed by atoms with Gasteiger partial charge in [-0.3, -0.25) is 4.68 Å². The number of hydrogen-bond donors (Lipinski definition) is 1. The molecule has 1 heterocycles. The fourth-order valence-corrected chi connectivity index (χ4v) is 2.33. The average molecular weight is 298 g/mol. The number of aliphatic hydroxyl groups excluding tert-OH is 1. The zero-order chi connectivity index (χ0) is 16.2. The van der Waals surface area contributed by atoms with Crippen LogP contribution in [0.4, 0.5) is 0 Å². The Morgan fingerprint density at radius 1 is 1.38 bits per heavy atom. The minimum atomic E-state index is -0.669. The molecule has 1 aromatic rings. The second-order valence-electron chi connectivity index (χ2n) is 6.13. The summed E-state index contributed by atoms with van der Waals surface area (Å²) in [5.74, 6) is 0.641. The van der Waals surface area contributed by atoms with Crippen molar-refractivity contribution in [3.05, 3.63) is 11.9 Å². The highest BCUT2D eigenvalue weighted by atomic mass is 16.5. The van der Waals surface area contributed by atoms with Crippen LogP contribution in [0.3, 0.4) is 0 Å². The van der Waals surface area contributed by atoms with Crippen LogP contribution in [0.15, 0.2) is 6.20 Å². The van der Waals surface area contributed by atoms with Crippen LogP contribution in [0.5, 0.6) is 5.75 Å². The van der Waals surface area contributed by atoms with Gasteiger partial charge >= 0.3 is 0 Å². The molecule has 122 valence electrons. The molecule has 6 heteroatoms. The van der Waals surface area contributed by atoms with Crippen LogP contribution >= 0.6 is 0 Å². The molecule has 2 atom stereocenters. The third-order valence-electron chi connectivity index (χ3n) is 4.41. The van der Waals surface area contributed by atoms with E-state index < -0.39 is 6.10 Å². The number of methoxy groups -OCH3 is 1. The smallest absolute Gasteiger partial charge is 0.162 e. The molecule has 0 aliphatic carbocycles. The number of likely N-dealkylation sites (N-methyl/N-ethyl adjacent to an activating group) is 2. The number of ether oxygens (including phenoxy) is 1. The summed E-state index contributed by atoms with van der Waals surface area (Å²) in [5, 5.41) is 15.3. The van der Waals surface area contributed by atoms with Crippen LogP contribution in [0, 0.1) is 0 Å². The molecular formula is C15H30N4O2. The van der Waals surface area contributed by atoms with Crippen molar-refractivity contribution in [2.75, 3.05) is 41.8 Å². The molecule has 1 rings (SSSR count). The number of aliphatic hydroxyl groups is 1. The molecule has 0 fully saturated rings. The highest BCUT2D eigenvalue weighted by Gasteiger charge is 2.38. The third kappa shape index (κ3) is 3.75. The van der Waals surface area contributed by atoms with E-state index in [2.05, 4.69) is 28.7 Å². The normalized spacial score (nSPS) is 16.3. The molecule has 0 spiro atoms. The summed E-state index contributed by atoms with van der Waals surface area (Å²) in [6, 6.07) is 0. The first-order valence-corrected chi connectivity index (χ1v) is 7.37. The van der Waals surface area contributed by atoms with Gasteiger partial charge < -0.3 is 19.6 Å². The van der Waals surface area contributed by atoms with Crippen LogP contribution in [-0.2, 0) is 6.54 Å². The molecule has 21 heavy (non-hydrogen) atoms. The summed E-state index contributed by atoms with van der Waals surface area (Å²) in [5.41, 5.74) is 0.376. The fourth-order valence-electron chi connectivity index (χ4n) is 2.33. The van der Waals surface area contributed by atoms with Crippen molar-refractivity contribution in [3.63, 3.8) is 0 Å². The van der Waals surface area contributed by atoms with Crippen LogP contribution in [0.25, 0.3) is 0 Å². The Bertz CT molecular complexity index is 445. The van der Waals surface area contributed by atoms with Crippen LogP contribution < -0.4 is 4.74 Å². The third-order valence-corrected chi connectivity index (χ3v) is 4.41. The van der Waals surface area contributed by atoms with Gasteiger partial charge in [-0.05, 0) is 41.5 Å². The molecule has 0 saturated carbocycles. The van der Waals surface area contributed by atoms with Crippen molar-refractivity contribution in [2.45, 2.75) is 38.5 Å². The SMILES string of the molecule is CCC(C)(C(O)c1c(OC)cnn1CCN(C)C)N(C)C. The highest BCUT2D eigenvalue weighted by molar-refractivity contribution is 5.29. The van der Waals surface area contributed by atoms with E-state index in [1.54, 1.807) is 13.3 Å². The van der Waals surface area contributed by atoms with E-state index in [1.807, 2.05) is 32.9 Å². The van der Waals surface area contributed by atoms with Crippen molar-refractivity contribution in [2.24, 2.45) is 0 Å². The molecule has 0 saturated heterocycles. The molecule has 1 N–H and O–H groups in total. The van der Waals surface area contributed by atoms with E-state index in [1.165, 1.54) is 0 Å². The lowest BCUT2D eigenvalue weighted by Crippen LogP contribution is -2.47. The Balaban J connectivity index is 3.16. The van der Waals surface area contributed by atoms with E-state index in [0.29, 0.717) is 5.75 Å². The van der Waals surface area contributed by atoms with Gasteiger partial charge in [0.15, 0.2) is 5.75 Å². The van der Waals surface area contributed by atoms with E-state index >= 15 is 0 Å². The molecule has 0 aliphatic rings. The van der Waals surface area contributed by atoms with Crippen molar-refractivity contribution in [1.29, 1.82) is 0 Å². The summed E-state index contributed by atoms with van der Waals surface area (Å²) < 4.78 is 7.25. The van der Waals surface area contributed by atoms with E-state index in [9.17, 15) is 5.11 Å². The first-order chi connectivity index (χ1) is 9.77. The summed E-state index contributed by atoms with van der Waals surface area (Å²) in [4.78, 5) is 4.15. The van der Waals surface area contributed by atoms with E-state index in [4.69, 9.17) is 4.74 Å². The lowest BCUT2D eigenvalue weighted by atomic mass is 9.88. The van der Waals surface area contributed by atoms with Crippen molar-refractivity contribution in [3.8, 4) is 5.75 Å². The maximum Gasteiger partial charge on any atom is 0.162 e. The molecule has 0 bridgehead atoms. The van der Waals surface area contributed by atoms with Crippen molar-refractivity contribution < 1.29 is 9.84 Å². The predicted molar refractivity (Wildman–Crippen MR) is 84.7 cm³/mol. The van der Waals surface area contributed by atoms with Crippen LogP contribution in [-0.4, -0.2) is 72.1 Å². The number of nitrogens with zero attached hydrogens (tertiary/aromatic N) is 4. The standard InChI is InChI=1S/C15H30N4O2/c1-8-15(2,18(5)6)14(20)13-12(21-7)11-16-19(13)10-9-17(3)4/h11,14,20H,8-10H2,1-7H3. The van der Waals surface area contributed by atoms with Gasteiger partial charge in [-0.1, -0.05) is 6.92 Å². The first-order valence-electron chi connectivity index (χ1n) is 7.37. The lowest BCUT2D eigenvalue weighted by Gasteiger charge is -2.40. The minimum absolute atomic E-state index is 0.372. The van der Waals surface area contributed by atoms with Gasteiger partial charge in [0.2, 0.25) is 0 Å². The maximum atomic E-state index is 11.0. The van der Waals surface area contributed by atoms with Gasteiger partial charge in [-0.25, -0.2) is 0 Å². The van der Waals surface area contributed by atoms with Crippen molar-refractivity contribution in [1.82, 2.24) is 19.6 Å². The number of aromatic nitrogens is 2. The quantitative estimate of drug-likeness (QED) is 0.782. The lowest BCUT2D eigenvalue weighted by molar-refractivity contribution is -0.00593. The van der Waals surface area contributed by atoms with E-state index in [-0.39, 0.29) is 5.54 Å². The number of rotatable bonds is 8. The summed E-state index contributed by atoms with van der Waals surface area (Å²) in [6.45, 7) is 5.71. The maximum absolute atomic E-state index is 11.0. The molecule has 0 amide bonds. The molecule has 6 nitrogen and oxygen atoms in total. The Labute approximate surface area is 128 Å². The monoisotopic (exact) mass is 298 g/mol. The fraction of sp³-hybridized carbons (Fsp3) is 0.800. The summed E-state index contributed by atoms with van der Waals surface area (Å²) >= 11 is 0. The Morgan fingerprint density at radius 2 is 2.00 bits per heavy atom. The van der Waals surface area contributed by atoms with E-state index in [0.717, 1.165) is 25.2 Å². The second kappa shape index (κ2) is 7.24. The van der Waals surface area contributed by atoms with Gasteiger partial charge in [0, 0.05) is 12.1 Å². The molecular weight excluding hydrogens is 268 g/mol. The van der Waals surface area contributed by atoms with Crippen molar-refractivity contribution >= 4 is 0 Å². The summed E-state index contributed by atoms with van der Waals surface area (Å²) in [6.07, 6.45) is 1.83. The Kier molecular flexibility index (Phi) is 6.19. The summed E-state index contributed by atoms with van der Waals surface area (Å²) in [7, 11) is 9.63. The molecule has 0 radical (unpaired) electrons. The highest BCUT2D eigenvalue weighted by Crippen LogP contribution is 2.36. The predicted octanol–water partition coefficient (Wildman–Crippen LogP) is 1.22.